The number of nitrogens with zero attached hydrogens (tertiary/aromatic N) is 1. The van der Waals surface area contributed by atoms with Crippen LogP contribution in [0.1, 0.15) is 29.4 Å². The van der Waals surface area contributed by atoms with E-state index in [1.54, 1.807) is 6.92 Å². The fourth-order valence-corrected chi connectivity index (χ4v) is 1.65. The fraction of sp³-hybridized carbons (Fsp3) is 0.455. The number of aromatic hydroxyl groups is 1. The van der Waals surface area contributed by atoms with Crippen LogP contribution in [0.3, 0.4) is 0 Å². The van der Waals surface area contributed by atoms with Gasteiger partial charge >= 0.3 is 0 Å². The van der Waals surface area contributed by atoms with Crippen LogP contribution in [-0.4, -0.2) is 21.5 Å². The Balaban J connectivity index is 3.41. The highest BCUT2D eigenvalue weighted by molar-refractivity contribution is 5.59. The quantitative estimate of drug-likeness (QED) is 0.722. The Morgan fingerprint density at radius 2 is 2.07 bits per heavy atom. The standard InChI is InChI=1S/C11H15NO3/c1-3-10-8(4-5-13)9(6-14)11(15)7(2)12-10/h5,14-15H,3-4,6H2,1-2H3. The van der Waals surface area contributed by atoms with E-state index in [1.807, 2.05) is 6.92 Å². The normalized spacial score (nSPS) is 10.3. The first-order valence-electron chi connectivity index (χ1n) is 4.90. The molecule has 4 nitrogen and oxygen atoms in total. The highest BCUT2D eigenvalue weighted by Gasteiger charge is 2.15. The molecule has 1 rings (SSSR count). The molecule has 0 bridgehead atoms. The minimum absolute atomic E-state index is 0.00782. The van der Waals surface area contributed by atoms with Crippen molar-refractivity contribution in [2.45, 2.75) is 33.3 Å². The largest absolute Gasteiger partial charge is 0.506 e. The van der Waals surface area contributed by atoms with Gasteiger partial charge in [0.05, 0.1) is 12.3 Å². The number of carbonyl (C=O) groups is 1. The number of carbonyl (C=O) groups excluding carboxylic acids is 1. The summed E-state index contributed by atoms with van der Waals surface area (Å²) in [6.45, 7) is 3.33. The van der Waals surface area contributed by atoms with Gasteiger partial charge < -0.3 is 15.0 Å². The summed E-state index contributed by atoms with van der Waals surface area (Å²) in [6, 6.07) is 0. The second kappa shape index (κ2) is 4.89. The molecule has 0 unspecified atom stereocenters. The second-order valence-electron chi connectivity index (χ2n) is 3.33. The monoisotopic (exact) mass is 209 g/mol. The molecule has 0 aliphatic rings. The van der Waals surface area contributed by atoms with E-state index in [0.717, 1.165) is 12.0 Å². The van der Waals surface area contributed by atoms with Crippen LogP contribution in [0.2, 0.25) is 0 Å². The van der Waals surface area contributed by atoms with E-state index in [2.05, 4.69) is 4.98 Å². The molecule has 82 valence electrons. The van der Waals surface area contributed by atoms with Crippen LogP contribution < -0.4 is 0 Å². The molecule has 0 aliphatic heterocycles. The number of aliphatic hydroxyl groups excluding tert-OH is 1. The van der Waals surface area contributed by atoms with Gasteiger partial charge in [-0.05, 0) is 18.9 Å². The number of hydrogen-bond donors (Lipinski definition) is 2. The van der Waals surface area contributed by atoms with Crippen LogP contribution in [0.4, 0.5) is 0 Å². The highest BCUT2D eigenvalue weighted by Crippen LogP contribution is 2.26. The summed E-state index contributed by atoms with van der Waals surface area (Å²) in [5.74, 6) is -0.00782. The van der Waals surface area contributed by atoms with E-state index in [4.69, 9.17) is 5.11 Å². The topological polar surface area (TPSA) is 70.4 Å². The van der Waals surface area contributed by atoms with Gasteiger partial charge in [-0.25, -0.2) is 0 Å². The summed E-state index contributed by atoms with van der Waals surface area (Å²) >= 11 is 0. The van der Waals surface area contributed by atoms with Crippen LogP contribution in [0.5, 0.6) is 5.75 Å². The van der Waals surface area contributed by atoms with Crippen molar-refractivity contribution < 1.29 is 15.0 Å². The van der Waals surface area contributed by atoms with Crippen LogP contribution in [0.25, 0.3) is 0 Å². The summed E-state index contributed by atoms with van der Waals surface area (Å²) < 4.78 is 0. The molecule has 0 aliphatic carbocycles. The van der Waals surface area contributed by atoms with Crippen LogP contribution in [-0.2, 0) is 24.2 Å². The Bertz CT molecular complexity index is 375. The second-order valence-corrected chi connectivity index (χ2v) is 3.33. The maximum absolute atomic E-state index is 10.5. The van der Waals surface area contributed by atoms with Crippen LogP contribution >= 0.6 is 0 Å². The highest BCUT2D eigenvalue weighted by atomic mass is 16.3. The van der Waals surface area contributed by atoms with E-state index < -0.39 is 0 Å². The molecule has 0 spiro atoms. The average molecular weight is 209 g/mol. The molecule has 0 aromatic carbocycles. The summed E-state index contributed by atoms with van der Waals surface area (Å²) in [5.41, 5.74) is 2.33. The molecule has 1 aromatic rings. The molecular weight excluding hydrogens is 194 g/mol. The summed E-state index contributed by atoms with van der Waals surface area (Å²) in [7, 11) is 0. The lowest BCUT2D eigenvalue weighted by Gasteiger charge is -2.13. The number of pyridine rings is 1. The molecule has 0 saturated heterocycles. The molecule has 0 amide bonds. The maximum atomic E-state index is 10.5. The van der Waals surface area contributed by atoms with Crippen molar-refractivity contribution in [1.29, 1.82) is 0 Å². The maximum Gasteiger partial charge on any atom is 0.142 e. The molecule has 0 atom stereocenters. The summed E-state index contributed by atoms with van der Waals surface area (Å²) in [5, 5.41) is 18.9. The van der Waals surface area contributed by atoms with Gasteiger partial charge in [-0.2, -0.15) is 0 Å². The van der Waals surface area contributed by atoms with Crippen molar-refractivity contribution in [3.63, 3.8) is 0 Å². The Morgan fingerprint density at radius 3 is 2.53 bits per heavy atom. The first-order valence-corrected chi connectivity index (χ1v) is 4.90. The molecule has 1 heterocycles. The predicted octanol–water partition coefficient (Wildman–Crippen LogP) is 0.892. The van der Waals surface area contributed by atoms with E-state index >= 15 is 0 Å². The van der Waals surface area contributed by atoms with Gasteiger partial charge in [0.15, 0.2) is 0 Å². The third kappa shape index (κ3) is 2.15. The van der Waals surface area contributed by atoms with Crippen molar-refractivity contribution in [2.75, 3.05) is 0 Å². The van der Waals surface area contributed by atoms with E-state index in [9.17, 15) is 9.90 Å². The van der Waals surface area contributed by atoms with Crippen molar-refractivity contribution >= 4 is 6.29 Å². The van der Waals surface area contributed by atoms with E-state index in [1.165, 1.54) is 0 Å². The zero-order valence-corrected chi connectivity index (χ0v) is 8.95. The average Bonchev–Trinajstić information content (AvgIpc) is 2.24. The summed E-state index contributed by atoms with van der Waals surface area (Å²) in [6.07, 6.45) is 1.61. The zero-order chi connectivity index (χ0) is 11.4. The lowest BCUT2D eigenvalue weighted by molar-refractivity contribution is -0.107. The van der Waals surface area contributed by atoms with Crippen molar-refractivity contribution in [3.8, 4) is 5.75 Å². The van der Waals surface area contributed by atoms with Crippen molar-refractivity contribution in [1.82, 2.24) is 4.98 Å². The number of hydrogen-bond acceptors (Lipinski definition) is 4. The molecule has 0 fully saturated rings. The minimum atomic E-state index is -0.272. The van der Waals surface area contributed by atoms with Gasteiger partial charge in [0, 0.05) is 17.7 Å². The Hall–Kier alpha value is -1.42. The Kier molecular flexibility index (Phi) is 3.80. The van der Waals surface area contributed by atoms with Crippen LogP contribution in [0, 0.1) is 6.92 Å². The van der Waals surface area contributed by atoms with Gasteiger partial charge in [0.2, 0.25) is 0 Å². The molecule has 4 heteroatoms. The fourth-order valence-electron chi connectivity index (χ4n) is 1.65. The molecule has 2 N–H and O–H groups in total. The van der Waals surface area contributed by atoms with Gasteiger partial charge in [-0.3, -0.25) is 4.98 Å². The van der Waals surface area contributed by atoms with E-state index in [0.29, 0.717) is 23.2 Å². The van der Waals surface area contributed by atoms with Gasteiger partial charge in [0.1, 0.15) is 12.0 Å². The Morgan fingerprint density at radius 1 is 1.40 bits per heavy atom. The zero-order valence-electron chi connectivity index (χ0n) is 8.95. The van der Waals surface area contributed by atoms with Gasteiger partial charge in [0.25, 0.3) is 0 Å². The van der Waals surface area contributed by atoms with Gasteiger partial charge in [-0.15, -0.1) is 0 Å². The lowest BCUT2D eigenvalue weighted by Crippen LogP contribution is -2.06. The SMILES string of the molecule is CCc1nc(C)c(O)c(CO)c1CC=O. The molecular formula is C11H15NO3. The number of rotatable bonds is 4. The lowest BCUT2D eigenvalue weighted by atomic mass is 10.0. The van der Waals surface area contributed by atoms with Gasteiger partial charge in [-0.1, -0.05) is 6.92 Å². The number of aliphatic hydroxyl groups is 1. The molecule has 0 saturated carbocycles. The van der Waals surface area contributed by atoms with E-state index in [-0.39, 0.29) is 18.8 Å². The molecule has 1 aromatic heterocycles. The number of aromatic nitrogens is 1. The smallest absolute Gasteiger partial charge is 0.142 e. The first kappa shape index (κ1) is 11.7. The summed E-state index contributed by atoms with van der Waals surface area (Å²) in [4.78, 5) is 14.7. The van der Waals surface area contributed by atoms with Crippen molar-refractivity contribution in [3.05, 3.63) is 22.5 Å². The number of aryl methyl sites for hydroxylation is 2. The van der Waals surface area contributed by atoms with Crippen molar-refractivity contribution in [2.24, 2.45) is 0 Å². The predicted molar refractivity (Wildman–Crippen MR) is 55.7 cm³/mol. The Labute approximate surface area is 88.6 Å². The third-order valence-electron chi connectivity index (χ3n) is 2.42. The molecule has 15 heavy (non-hydrogen) atoms. The number of aldehydes is 1. The molecule has 0 radical (unpaired) electrons. The first-order chi connectivity index (χ1) is 7.15. The third-order valence-corrected chi connectivity index (χ3v) is 2.42. The van der Waals surface area contributed by atoms with Crippen LogP contribution in [0.15, 0.2) is 0 Å². The minimum Gasteiger partial charge on any atom is -0.506 e.